The maximum Gasteiger partial charge on any atom is 0.143 e. The van der Waals surface area contributed by atoms with Crippen LogP contribution in [0.15, 0.2) is 168 Å². The minimum Gasteiger partial charge on any atom is -0.455 e. The first-order valence-electron chi connectivity index (χ1n) is 15.9. The van der Waals surface area contributed by atoms with Gasteiger partial charge >= 0.3 is 0 Å². The molecule has 47 heavy (non-hydrogen) atoms. The number of hydrogen-bond donors (Lipinski definition) is 0. The van der Waals surface area contributed by atoms with Crippen LogP contribution in [0, 0.1) is 0 Å². The predicted octanol–water partition coefficient (Wildman–Crippen LogP) is 13.3. The fourth-order valence-electron chi connectivity index (χ4n) is 7.18. The number of rotatable bonds is 5. The Labute approximate surface area is 275 Å². The van der Waals surface area contributed by atoms with Crippen molar-refractivity contribution < 1.29 is 4.42 Å². The van der Waals surface area contributed by atoms with Crippen LogP contribution in [0.25, 0.3) is 75.1 Å². The maximum atomic E-state index is 6.52. The zero-order valence-electron chi connectivity index (χ0n) is 25.4. The molecule has 0 radical (unpaired) electrons. The number of anilines is 3. The molecule has 0 unspecified atom stereocenters. The highest BCUT2D eigenvalue weighted by atomic mass is 32.1. The fraction of sp³-hybridized carbons (Fsp3) is 0. The quantitative estimate of drug-likeness (QED) is 0.179. The number of fused-ring (bicyclic) bond motifs is 3. The third-order valence-corrected chi connectivity index (χ3v) is 10.6. The standard InChI is InChI=1S/C44H27NOS/c1-2-7-28(8-3-1)29-15-20-33(21-16-29)45(35-24-26-38-37-10-4-5-12-40(37)47-41(38)27-35)34-22-17-30(18-23-34)36-25-19-32-14-13-31-9-6-11-39-42(31)43(32)44(36)46-39/h1-27H. The van der Waals surface area contributed by atoms with Crippen molar-refractivity contribution in [2.24, 2.45) is 0 Å². The van der Waals surface area contributed by atoms with E-state index in [-0.39, 0.29) is 0 Å². The molecule has 0 aliphatic rings. The molecule has 0 spiro atoms. The lowest BCUT2D eigenvalue weighted by Gasteiger charge is -2.26. The van der Waals surface area contributed by atoms with Gasteiger partial charge in [-0.15, -0.1) is 11.3 Å². The molecular weight excluding hydrogens is 591 g/mol. The van der Waals surface area contributed by atoms with Crippen LogP contribution in [-0.2, 0) is 0 Å². The lowest BCUT2D eigenvalue weighted by atomic mass is 9.97. The molecule has 0 aliphatic carbocycles. The van der Waals surface area contributed by atoms with E-state index in [0.29, 0.717) is 0 Å². The van der Waals surface area contributed by atoms with Crippen molar-refractivity contribution in [2.45, 2.75) is 0 Å². The van der Waals surface area contributed by atoms with Gasteiger partial charge in [0, 0.05) is 53.6 Å². The Morgan fingerprint density at radius 2 is 1.06 bits per heavy atom. The number of hydrogen-bond acceptors (Lipinski definition) is 3. The molecule has 2 heterocycles. The normalized spacial score (nSPS) is 11.8. The average molecular weight is 618 g/mol. The summed E-state index contributed by atoms with van der Waals surface area (Å²) in [4.78, 5) is 2.36. The summed E-state index contributed by atoms with van der Waals surface area (Å²) in [7, 11) is 0. The topological polar surface area (TPSA) is 16.4 Å². The minimum atomic E-state index is 0.939. The zero-order valence-corrected chi connectivity index (χ0v) is 26.2. The Balaban J connectivity index is 1.10. The Morgan fingerprint density at radius 1 is 0.426 bits per heavy atom. The van der Waals surface area contributed by atoms with Crippen molar-refractivity contribution in [1.82, 2.24) is 0 Å². The summed E-state index contributed by atoms with van der Waals surface area (Å²) in [5.74, 6) is 0. The molecule has 2 aromatic heterocycles. The second-order valence-corrected chi connectivity index (χ2v) is 13.2. The molecule has 0 fully saturated rings. The number of furan rings is 1. The molecule has 3 heteroatoms. The molecule has 8 aromatic carbocycles. The highest BCUT2D eigenvalue weighted by Gasteiger charge is 2.19. The summed E-state index contributed by atoms with van der Waals surface area (Å²) < 4.78 is 9.12. The molecule has 10 rings (SSSR count). The smallest absolute Gasteiger partial charge is 0.143 e. The van der Waals surface area contributed by atoms with E-state index in [2.05, 4.69) is 169 Å². The molecule has 10 aromatic rings. The third-order valence-electron chi connectivity index (χ3n) is 9.44. The van der Waals surface area contributed by atoms with Gasteiger partial charge in [0.25, 0.3) is 0 Å². The van der Waals surface area contributed by atoms with Gasteiger partial charge < -0.3 is 9.32 Å². The van der Waals surface area contributed by atoms with E-state index in [1.54, 1.807) is 0 Å². The van der Waals surface area contributed by atoms with Crippen molar-refractivity contribution in [3.8, 4) is 22.3 Å². The van der Waals surface area contributed by atoms with Gasteiger partial charge in [-0.2, -0.15) is 0 Å². The molecule has 0 amide bonds. The minimum absolute atomic E-state index is 0.939. The highest BCUT2D eigenvalue weighted by Crippen LogP contribution is 2.44. The molecule has 2 nitrogen and oxygen atoms in total. The summed E-state index contributed by atoms with van der Waals surface area (Å²) >= 11 is 1.85. The summed E-state index contributed by atoms with van der Waals surface area (Å²) in [5.41, 5.74) is 9.90. The lowest BCUT2D eigenvalue weighted by Crippen LogP contribution is -2.09. The first kappa shape index (κ1) is 26.3. The van der Waals surface area contributed by atoms with Gasteiger partial charge in [-0.1, -0.05) is 109 Å². The molecule has 220 valence electrons. The average Bonchev–Trinajstić information content (AvgIpc) is 3.71. The van der Waals surface area contributed by atoms with Crippen LogP contribution in [0.4, 0.5) is 17.1 Å². The van der Waals surface area contributed by atoms with E-state index in [9.17, 15) is 0 Å². The van der Waals surface area contributed by atoms with Crippen LogP contribution in [0.3, 0.4) is 0 Å². The Hall–Kier alpha value is -5.90. The maximum absolute atomic E-state index is 6.52. The summed E-state index contributed by atoms with van der Waals surface area (Å²) in [6.07, 6.45) is 0. The summed E-state index contributed by atoms with van der Waals surface area (Å²) in [6, 6.07) is 59.0. The second kappa shape index (κ2) is 10.3. The van der Waals surface area contributed by atoms with Gasteiger partial charge in [-0.25, -0.2) is 0 Å². The summed E-state index contributed by atoms with van der Waals surface area (Å²) in [5, 5.41) is 7.45. The van der Waals surface area contributed by atoms with E-state index >= 15 is 0 Å². The van der Waals surface area contributed by atoms with Crippen LogP contribution in [0.2, 0.25) is 0 Å². The van der Waals surface area contributed by atoms with Gasteiger partial charge in [0.1, 0.15) is 11.2 Å². The highest BCUT2D eigenvalue weighted by molar-refractivity contribution is 7.25. The van der Waals surface area contributed by atoms with E-state index in [1.165, 1.54) is 52.8 Å². The molecule has 0 aliphatic heterocycles. The van der Waals surface area contributed by atoms with Gasteiger partial charge in [0.05, 0.1) is 0 Å². The molecule has 0 saturated heterocycles. The lowest BCUT2D eigenvalue weighted by molar-refractivity contribution is 0.670. The number of nitrogens with zero attached hydrogens (tertiary/aromatic N) is 1. The van der Waals surface area contributed by atoms with Crippen molar-refractivity contribution in [1.29, 1.82) is 0 Å². The SMILES string of the molecule is c1ccc(-c2ccc(N(c3ccc(-c4ccc5ccc6cccc7oc4c5c67)cc3)c3ccc4c(c3)sc3ccccc34)cc2)cc1. The van der Waals surface area contributed by atoms with E-state index < -0.39 is 0 Å². The van der Waals surface area contributed by atoms with Crippen molar-refractivity contribution >= 4 is 81.3 Å². The Kier molecular flexibility index (Phi) is 5.78. The van der Waals surface area contributed by atoms with E-state index in [1.807, 2.05) is 11.3 Å². The number of benzene rings is 8. The fourth-order valence-corrected chi connectivity index (χ4v) is 8.32. The predicted molar refractivity (Wildman–Crippen MR) is 201 cm³/mol. The van der Waals surface area contributed by atoms with Crippen LogP contribution >= 0.6 is 11.3 Å². The van der Waals surface area contributed by atoms with Gasteiger partial charge in [-0.05, 0) is 82.1 Å². The van der Waals surface area contributed by atoms with Crippen molar-refractivity contribution in [3.63, 3.8) is 0 Å². The monoisotopic (exact) mass is 617 g/mol. The molecule has 0 N–H and O–H groups in total. The van der Waals surface area contributed by atoms with E-state index in [4.69, 9.17) is 4.42 Å². The number of thiophene rings is 1. The first-order chi connectivity index (χ1) is 23.3. The molecular formula is C44H27NOS. The van der Waals surface area contributed by atoms with E-state index in [0.717, 1.165) is 39.4 Å². The molecule has 0 atom stereocenters. The third kappa shape index (κ3) is 4.17. The van der Waals surface area contributed by atoms with Crippen molar-refractivity contribution in [2.75, 3.05) is 4.90 Å². The molecule has 0 saturated carbocycles. The second-order valence-electron chi connectivity index (χ2n) is 12.1. The van der Waals surface area contributed by atoms with Crippen LogP contribution < -0.4 is 4.90 Å². The Bertz CT molecular complexity index is 2720. The van der Waals surface area contributed by atoms with Gasteiger partial charge in [-0.3, -0.25) is 0 Å². The van der Waals surface area contributed by atoms with Gasteiger partial charge in [0.15, 0.2) is 0 Å². The first-order valence-corrected chi connectivity index (χ1v) is 16.7. The molecule has 0 bridgehead atoms. The van der Waals surface area contributed by atoms with Crippen LogP contribution in [0.1, 0.15) is 0 Å². The zero-order chi connectivity index (χ0) is 30.9. The Morgan fingerprint density at radius 3 is 1.87 bits per heavy atom. The summed E-state index contributed by atoms with van der Waals surface area (Å²) in [6.45, 7) is 0. The van der Waals surface area contributed by atoms with Crippen molar-refractivity contribution in [3.05, 3.63) is 164 Å². The van der Waals surface area contributed by atoms with Crippen LogP contribution in [-0.4, -0.2) is 0 Å². The van der Waals surface area contributed by atoms with Gasteiger partial charge in [0.2, 0.25) is 0 Å². The largest absolute Gasteiger partial charge is 0.455 e. The van der Waals surface area contributed by atoms with Crippen LogP contribution in [0.5, 0.6) is 0 Å².